The van der Waals surface area contributed by atoms with Crippen molar-refractivity contribution in [3.8, 4) is 11.5 Å². The molecule has 1 atom stereocenters. The maximum atomic E-state index is 13.2. The first-order valence-corrected chi connectivity index (χ1v) is 8.14. The molecule has 0 fully saturated rings. The van der Waals surface area contributed by atoms with Crippen LogP contribution < -0.4 is 14.8 Å². The van der Waals surface area contributed by atoms with Gasteiger partial charge in [-0.1, -0.05) is 12.1 Å². The predicted octanol–water partition coefficient (Wildman–Crippen LogP) is 3.75. The SMILES string of the molecule is CNC(CCOc1cc(F)cc(F)c1)c1ccc(OC(=O)N(C)C)cc1. The zero-order valence-electron chi connectivity index (χ0n) is 15.0. The predicted molar refractivity (Wildman–Crippen MR) is 94.4 cm³/mol. The molecular weight excluding hydrogens is 342 g/mol. The maximum Gasteiger partial charge on any atom is 0.414 e. The zero-order chi connectivity index (χ0) is 19.1. The molecule has 0 bridgehead atoms. The van der Waals surface area contributed by atoms with Crippen molar-refractivity contribution in [2.45, 2.75) is 12.5 Å². The van der Waals surface area contributed by atoms with Crippen LogP contribution in [0.2, 0.25) is 0 Å². The van der Waals surface area contributed by atoms with Crippen molar-refractivity contribution in [2.24, 2.45) is 0 Å². The Morgan fingerprint density at radius 2 is 1.69 bits per heavy atom. The molecule has 26 heavy (non-hydrogen) atoms. The molecule has 5 nitrogen and oxygen atoms in total. The highest BCUT2D eigenvalue weighted by Crippen LogP contribution is 2.22. The summed E-state index contributed by atoms with van der Waals surface area (Å²) < 4.78 is 36.9. The van der Waals surface area contributed by atoms with E-state index < -0.39 is 17.7 Å². The molecule has 0 aromatic heterocycles. The highest BCUT2D eigenvalue weighted by atomic mass is 19.1. The fraction of sp³-hybridized carbons (Fsp3) is 0.316. The van der Waals surface area contributed by atoms with Crippen molar-refractivity contribution in [3.05, 3.63) is 59.7 Å². The summed E-state index contributed by atoms with van der Waals surface area (Å²) in [6.07, 6.45) is 0.143. The zero-order valence-corrected chi connectivity index (χ0v) is 15.0. The minimum absolute atomic E-state index is 0.0213. The average molecular weight is 364 g/mol. The monoisotopic (exact) mass is 364 g/mol. The lowest BCUT2D eigenvalue weighted by atomic mass is 10.0. The van der Waals surface area contributed by atoms with Gasteiger partial charge in [0, 0.05) is 44.8 Å². The van der Waals surface area contributed by atoms with Gasteiger partial charge in [0.15, 0.2) is 0 Å². The fourth-order valence-electron chi connectivity index (χ4n) is 2.34. The van der Waals surface area contributed by atoms with E-state index in [2.05, 4.69) is 5.32 Å². The number of carbonyl (C=O) groups is 1. The highest BCUT2D eigenvalue weighted by Gasteiger charge is 2.12. The molecule has 1 N–H and O–H groups in total. The van der Waals surface area contributed by atoms with Gasteiger partial charge in [0.1, 0.15) is 23.1 Å². The number of nitrogens with zero attached hydrogens (tertiary/aromatic N) is 1. The van der Waals surface area contributed by atoms with E-state index in [1.807, 2.05) is 19.2 Å². The largest absolute Gasteiger partial charge is 0.493 e. The minimum Gasteiger partial charge on any atom is -0.493 e. The molecule has 0 spiro atoms. The van der Waals surface area contributed by atoms with Crippen LogP contribution in [0.1, 0.15) is 18.0 Å². The second-order valence-electron chi connectivity index (χ2n) is 5.91. The van der Waals surface area contributed by atoms with Crippen LogP contribution >= 0.6 is 0 Å². The molecule has 7 heteroatoms. The van der Waals surface area contributed by atoms with Gasteiger partial charge in [-0.15, -0.1) is 0 Å². The van der Waals surface area contributed by atoms with E-state index in [-0.39, 0.29) is 18.4 Å². The first-order valence-electron chi connectivity index (χ1n) is 8.14. The van der Waals surface area contributed by atoms with Crippen molar-refractivity contribution in [1.82, 2.24) is 10.2 Å². The quantitative estimate of drug-likeness (QED) is 0.813. The maximum absolute atomic E-state index is 13.2. The third kappa shape index (κ3) is 5.70. The Morgan fingerprint density at radius 1 is 1.08 bits per heavy atom. The van der Waals surface area contributed by atoms with Crippen molar-refractivity contribution < 1.29 is 23.0 Å². The van der Waals surface area contributed by atoms with Crippen molar-refractivity contribution in [3.63, 3.8) is 0 Å². The molecule has 0 saturated heterocycles. The summed E-state index contributed by atoms with van der Waals surface area (Å²) in [5.74, 6) is -0.738. The van der Waals surface area contributed by atoms with Crippen molar-refractivity contribution in [2.75, 3.05) is 27.7 Å². The molecule has 1 unspecified atom stereocenters. The topological polar surface area (TPSA) is 50.8 Å². The van der Waals surface area contributed by atoms with Gasteiger partial charge in [-0.3, -0.25) is 0 Å². The third-order valence-electron chi connectivity index (χ3n) is 3.71. The lowest BCUT2D eigenvalue weighted by Crippen LogP contribution is -2.25. The summed E-state index contributed by atoms with van der Waals surface area (Å²) in [4.78, 5) is 12.9. The van der Waals surface area contributed by atoms with Crippen LogP contribution in [0.4, 0.5) is 13.6 Å². The number of rotatable bonds is 7. The van der Waals surface area contributed by atoms with Gasteiger partial charge in [0.05, 0.1) is 6.61 Å². The Balaban J connectivity index is 1.92. The second-order valence-corrected chi connectivity index (χ2v) is 5.91. The number of hydrogen-bond acceptors (Lipinski definition) is 4. The number of hydrogen-bond donors (Lipinski definition) is 1. The number of ether oxygens (including phenoxy) is 2. The summed E-state index contributed by atoms with van der Waals surface area (Å²) >= 11 is 0. The summed E-state index contributed by atoms with van der Waals surface area (Å²) in [5, 5.41) is 3.16. The van der Waals surface area contributed by atoms with Crippen molar-refractivity contribution in [1.29, 1.82) is 0 Å². The minimum atomic E-state index is -0.673. The van der Waals surface area contributed by atoms with E-state index in [9.17, 15) is 13.6 Å². The van der Waals surface area contributed by atoms with E-state index >= 15 is 0 Å². The molecular formula is C19H22F2N2O3. The van der Waals surface area contributed by atoms with E-state index in [0.29, 0.717) is 12.2 Å². The van der Waals surface area contributed by atoms with Crippen LogP contribution in [0, 0.1) is 11.6 Å². The standard InChI is InChI=1S/C19H22F2N2O3/c1-22-18(8-9-25-17-11-14(20)10-15(21)12-17)13-4-6-16(7-5-13)26-19(24)23(2)3/h4-7,10-12,18,22H,8-9H2,1-3H3. The first-order chi connectivity index (χ1) is 12.4. The van der Waals surface area contributed by atoms with Gasteiger partial charge in [-0.2, -0.15) is 0 Å². The summed E-state index contributed by atoms with van der Waals surface area (Å²) in [5.41, 5.74) is 0.978. The lowest BCUT2D eigenvalue weighted by Gasteiger charge is -2.18. The van der Waals surface area contributed by atoms with Gasteiger partial charge in [0.25, 0.3) is 0 Å². The summed E-state index contributed by atoms with van der Waals surface area (Å²) in [6.45, 7) is 0.283. The summed E-state index contributed by atoms with van der Waals surface area (Å²) in [6, 6.07) is 10.2. The first kappa shape index (κ1) is 19.7. The number of benzene rings is 2. The molecule has 2 aromatic rings. The van der Waals surface area contributed by atoms with Gasteiger partial charge in [0.2, 0.25) is 0 Å². The fourth-order valence-corrected chi connectivity index (χ4v) is 2.34. The number of amides is 1. The van der Waals surface area contributed by atoms with Crippen molar-refractivity contribution >= 4 is 6.09 Å². The number of halogens is 2. The number of nitrogens with one attached hydrogen (secondary N) is 1. The third-order valence-corrected chi connectivity index (χ3v) is 3.71. The molecule has 0 aliphatic carbocycles. The van der Waals surface area contributed by atoms with E-state index in [1.165, 1.54) is 4.90 Å². The second kappa shape index (κ2) is 9.15. The van der Waals surface area contributed by atoms with Gasteiger partial charge < -0.3 is 19.7 Å². The molecule has 0 aliphatic heterocycles. The Kier molecular flexibility index (Phi) is 6.91. The lowest BCUT2D eigenvalue weighted by molar-refractivity contribution is 0.172. The van der Waals surface area contributed by atoms with Gasteiger partial charge >= 0.3 is 6.09 Å². The molecule has 0 heterocycles. The number of carbonyl (C=O) groups excluding carboxylic acids is 1. The summed E-state index contributed by atoms with van der Waals surface area (Å²) in [7, 11) is 5.03. The molecule has 2 rings (SSSR count). The van der Waals surface area contributed by atoms with Crippen LogP contribution in [0.15, 0.2) is 42.5 Å². The molecule has 1 amide bonds. The Labute approximate surface area is 151 Å². The van der Waals surface area contributed by atoms with Gasteiger partial charge in [-0.05, 0) is 24.7 Å². The van der Waals surface area contributed by atoms with Crippen LogP contribution in [-0.2, 0) is 0 Å². The smallest absolute Gasteiger partial charge is 0.414 e. The van der Waals surface area contributed by atoms with E-state index in [4.69, 9.17) is 9.47 Å². The Hall–Kier alpha value is -2.67. The van der Waals surface area contributed by atoms with Gasteiger partial charge in [-0.25, -0.2) is 13.6 Å². The molecule has 140 valence electrons. The Morgan fingerprint density at radius 3 is 2.23 bits per heavy atom. The van der Waals surface area contributed by atoms with E-state index in [1.54, 1.807) is 26.2 Å². The van der Waals surface area contributed by atoms with Crippen LogP contribution in [0.5, 0.6) is 11.5 Å². The molecule has 0 radical (unpaired) electrons. The Bertz CT molecular complexity index is 716. The van der Waals surface area contributed by atoms with Crippen LogP contribution in [0.3, 0.4) is 0 Å². The molecule has 2 aromatic carbocycles. The molecule has 0 aliphatic rings. The van der Waals surface area contributed by atoms with E-state index in [0.717, 1.165) is 23.8 Å². The molecule has 0 saturated carbocycles. The highest BCUT2D eigenvalue weighted by molar-refractivity contribution is 5.69. The van der Waals surface area contributed by atoms with Crippen LogP contribution in [-0.4, -0.2) is 38.7 Å². The van der Waals surface area contributed by atoms with Crippen LogP contribution in [0.25, 0.3) is 0 Å². The normalized spacial score (nSPS) is 11.7. The average Bonchev–Trinajstić information content (AvgIpc) is 2.58.